The van der Waals surface area contributed by atoms with Crippen LogP contribution >= 0.6 is 11.6 Å². The number of rotatable bonds is 6. The lowest BCUT2D eigenvalue weighted by Crippen LogP contribution is -2.30. The van der Waals surface area contributed by atoms with E-state index in [1.54, 1.807) is 0 Å². The van der Waals surface area contributed by atoms with Gasteiger partial charge in [-0.15, -0.1) is 0 Å². The Hall–Kier alpha value is -3.00. The van der Waals surface area contributed by atoms with E-state index in [0.717, 1.165) is 6.07 Å². The molecule has 2 aromatic rings. The summed E-state index contributed by atoms with van der Waals surface area (Å²) in [6.07, 6.45) is 0. The lowest BCUT2D eigenvalue weighted by molar-refractivity contribution is -0.384. The lowest BCUT2D eigenvalue weighted by atomic mass is 10.2. The number of hydrogen-bond donors (Lipinski definition) is 1. The molecule has 0 aliphatic carbocycles. The monoisotopic (exact) mass is 366 g/mol. The zero-order valence-electron chi connectivity index (χ0n) is 12.7. The minimum absolute atomic E-state index is 0.0270. The molecule has 2 aromatic carbocycles. The van der Waals surface area contributed by atoms with Gasteiger partial charge in [-0.25, -0.2) is 4.39 Å². The fraction of sp³-hybridized carbons (Fsp3) is 0.125. The maximum Gasteiger partial charge on any atom is 0.325 e. The summed E-state index contributed by atoms with van der Waals surface area (Å²) in [6.45, 7) is -0.857. The van der Waals surface area contributed by atoms with Gasteiger partial charge < -0.3 is 10.1 Å². The number of carbonyl (C=O) groups is 2. The molecule has 0 saturated heterocycles. The maximum absolute atomic E-state index is 13.5. The van der Waals surface area contributed by atoms with Crippen molar-refractivity contribution in [2.24, 2.45) is 0 Å². The molecule has 2 rings (SSSR count). The normalized spacial score (nSPS) is 10.2. The average Bonchev–Trinajstić information content (AvgIpc) is 2.59. The van der Waals surface area contributed by atoms with Gasteiger partial charge in [0, 0.05) is 23.3 Å². The van der Waals surface area contributed by atoms with Crippen LogP contribution in [-0.4, -0.2) is 23.3 Å². The number of halogens is 2. The summed E-state index contributed by atoms with van der Waals surface area (Å²) in [5, 5.41) is 13.1. The van der Waals surface area contributed by atoms with Crippen LogP contribution in [0.25, 0.3) is 0 Å². The molecule has 1 N–H and O–H groups in total. The summed E-state index contributed by atoms with van der Waals surface area (Å²) in [7, 11) is 0. The number of esters is 1. The van der Waals surface area contributed by atoms with Crippen LogP contribution in [-0.2, 0) is 16.1 Å². The number of non-ortho nitro benzene ring substituents is 1. The van der Waals surface area contributed by atoms with E-state index in [-0.39, 0.29) is 28.4 Å². The molecule has 25 heavy (non-hydrogen) atoms. The first kappa shape index (κ1) is 18.3. The summed E-state index contributed by atoms with van der Waals surface area (Å²) in [6, 6.07) is 9.10. The van der Waals surface area contributed by atoms with Crippen LogP contribution in [0.3, 0.4) is 0 Å². The van der Waals surface area contributed by atoms with Crippen molar-refractivity contribution in [3.05, 3.63) is 74.5 Å². The van der Waals surface area contributed by atoms with Crippen molar-refractivity contribution < 1.29 is 23.6 Å². The molecule has 0 bridgehead atoms. The number of ether oxygens (including phenoxy) is 1. The summed E-state index contributed by atoms with van der Waals surface area (Å²) in [5.74, 6) is -2.09. The average molecular weight is 367 g/mol. The second-order valence-corrected chi connectivity index (χ2v) is 5.26. The van der Waals surface area contributed by atoms with Crippen molar-refractivity contribution >= 4 is 29.2 Å². The molecule has 130 valence electrons. The van der Waals surface area contributed by atoms with Crippen LogP contribution in [0.15, 0.2) is 42.5 Å². The molecule has 0 aliphatic heterocycles. The van der Waals surface area contributed by atoms with Crippen molar-refractivity contribution in [2.75, 3.05) is 6.54 Å². The number of nitrogens with zero attached hydrogens (tertiary/aromatic N) is 1. The molecular formula is C16H12ClFN2O5. The number of hydrogen-bond acceptors (Lipinski definition) is 5. The van der Waals surface area contributed by atoms with Gasteiger partial charge in [0.2, 0.25) is 0 Å². The summed E-state index contributed by atoms with van der Waals surface area (Å²) in [4.78, 5) is 33.6. The first-order valence-corrected chi connectivity index (χ1v) is 7.37. The van der Waals surface area contributed by atoms with Crippen molar-refractivity contribution in [3.8, 4) is 0 Å². The van der Waals surface area contributed by atoms with E-state index in [1.807, 2.05) is 0 Å². The predicted molar refractivity (Wildman–Crippen MR) is 86.6 cm³/mol. The molecule has 7 nitrogen and oxygen atoms in total. The minimum atomic E-state index is -0.807. The highest BCUT2D eigenvalue weighted by atomic mass is 35.5. The molecule has 0 spiro atoms. The number of amides is 1. The fourth-order valence-electron chi connectivity index (χ4n) is 1.89. The third kappa shape index (κ3) is 4.98. The highest BCUT2D eigenvalue weighted by Gasteiger charge is 2.14. The van der Waals surface area contributed by atoms with E-state index in [0.29, 0.717) is 0 Å². The van der Waals surface area contributed by atoms with Gasteiger partial charge in [-0.3, -0.25) is 19.7 Å². The number of carbonyl (C=O) groups excluding carboxylic acids is 2. The molecule has 0 fully saturated rings. The standard InChI is InChI=1S/C16H12ClFN2O5/c17-13-5-2-6-14(18)12(13)9-25-15(21)8-19-16(22)10-3-1-4-11(7-10)20(23)24/h1-7H,8-9H2,(H,19,22). The lowest BCUT2D eigenvalue weighted by Gasteiger charge is -2.08. The highest BCUT2D eigenvalue weighted by molar-refractivity contribution is 6.31. The van der Waals surface area contributed by atoms with E-state index >= 15 is 0 Å². The molecular weight excluding hydrogens is 355 g/mol. The van der Waals surface area contributed by atoms with Gasteiger partial charge >= 0.3 is 5.97 Å². The molecule has 0 radical (unpaired) electrons. The highest BCUT2D eigenvalue weighted by Crippen LogP contribution is 2.19. The van der Waals surface area contributed by atoms with Crippen LogP contribution in [0, 0.1) is 15.9 Å². The first-order chi connectivity index (χ1) is 11.9. The fourth-order valence-corrected chi connectivity index (χ4v) is 2.11. The van der Waals surface area contributed by atoms with Crippen LogP contribution in [0.4, 0.5) is 10.1 Å². The quantitative estimate of drug-likeness (QED) is 0.481. The molecule has 0 aliphatic rings. The Kier molecular flexibility index (Phi) is 6.02. The maximum atomic E-state index is 13.5. The summed E-state index contributed by atoms with van der Waals surface area (Å²) < 4.78 is 18.4. The van der Waals surface area contributed by atoms with Crippen molar-refractivity contribution in [3.63, 3.8) is 0 Å². The molecule has 0 heterocycles. The molecule has 0 saturated carbocycles. The Labute approximate surface area is 146 Å². The number of nitro benzene ring substituents is 1. The minimum Gasteiger partial charge on any atom is -0.459 e. The first-order valence-electron chi connectivity index (χ1n) is 6.99. The molecule has 1 amide bonds. The van der Waals surface area contributed by atoms with Crippen molar-refractivity contribution in [2.45, 2.75) is 6.61 Å². The number of benzene rings is 2. The summed E-state index contributed by atoms with van der Waals surface area (Å²) >= 11 is 5.80. The number of nitrogens with one attached hydrogen (secondary N) is 1. The van der Waals surface area contributed by atoms with Crippen LogP contribution in [0.2, 0.25) is 5.02 Å². The van der Waals surface area contributed by atoms with Gasteiger partial charge in [-0.2, -0.15) is 0 Å². The zero-order valence-corrected chi connectivity index (χ0v) is 13.5. The third-order valence-electron chi connectivity index (χ3n) is 3.15. The van der Waals surface area contributed by atoms with Crippen LogP contribution in [0.1, 0.15) is 15.9 Å². The van der Waals surface area contributed by atoms with Gasteiger partial charge in [-0.1, -0.05) is 23.7 Å². The van der Waals surface area contributed by atoms with Gasteiger partial charge in [0.25, 0.3) is 11.6 Å². The summed E-state index contributed by atoms with van der Waals surface area (Å²) in [5.41, 5.74) is -0.189. The van der Waals surface area contributed by atoms with Gasteiger partial charge in [0.1, 0.15) is 19.0 Å². The largest absolute Gasteiger partial charge is 0.459 e. The smallest absolute Gasteiger partial charge is 0.325 e. The van der Waals surface area contributed by atoms with E-state index in [9.17, 15) is 24.1 Å². The Morgan fingerprint density at radius 3 is 2.64 bits per heavy atom. The van der Waals surface area contributed by atoms with Crippen molar-refractivity contribution in [1.82, 2.24) is 5.32 Å². The van der Waals surface area contributed by atoms with Gasteiger partial charge in [-0.05, 0) is 18.2 Å². The number of nitro groups is 1. The molecule has 9 heteroatoms. The van der Waals surface area contributed by atoms with Crippen LogP contribution < -0.4 is 5.32 Å². The van der Waals surface area contributed by atoms with E-state index in [1.165, 1.54) is 36.4 Å². The topological polar surface area (TPSA) is 98.5 Å². The molecule has 0 atom stereocenters. The second kappa shape index (κ2) is 8.20. The van der Waals surface area contributed by atoms with Gasteiger partial charge in [0.05, 0.1) is 9.95 Å². The SMILES string of the molecule is O=C(CNC(=O)c1cccc([N+](=O)[O-])c1)OCc1c(F)cccc1Cl. The third-order valence-corrected chi connectivity index (χ3v) is 3.51. The van der Waals surface area contributed by atoms with Crippen LogP contribution in [0.5, 0.6) is 0 Å². The Morgan fingerprint density at radius 1 is 1.24 bits per heavy atom. The van der Waals surface area contributed by atoms with Gasteiger partial charge in [0.15, 0.2) is 0 Å². The second-order valence-electron chi connectivity index (χ2n) is 4.85. The Bertz CT molecular complexity index is 808. The predicted octanol–water partition coefficient (Wildman–Crippen LogP) is 2.86. The van der Waals surface area contributed by atoms with E-state index < -0.39 is 29.2 Å². The Balaban J connectivity index is 1.88. The van der Waals surface area contributed by atoms with E-state index in [4.69, 9.17) is 16.3 Å². The Morgan fingerprint density at radius 2 is 1.96 bits per heavy atom. The zero-order chi connectivity index (χ0) is 18.4. The molecule has 0 unspecified atom stereocenters. The molecule has 0 aromatic heterocycles. The van der Waals surface area contributed by atoms with E-state index in [2.05, 4.69) is 5.32 Å². The van der Waals surface area contributed by atoms with Crippen molar-refractivity contribution in [1.29, 1.82) is 0 Å².